The molecule has 0 bridgehead atoms. The van der Waals surface area contributed by atoms with Crippen molar-refractivity contribution >= 4 is 5.91 Å². The van der Waals surface area contributed by atoms with Crippen molar-refractivity contribution in [2.75, 3.05) is 13.1 Å². The van der Waals surface area contributed by atoms with E-state index in [0.717, 1.165) is 24.0 Å². The Bertz CT molecular complexity index is 1190. The fraction of sp³-hybridized carbons (Fsp3) is 0.310. The quantitative estimate of drug-likeness (QED) is 0.383. The van der Waals surface area contributed by atoms with Crippen molar-refractivity contribution in [3.05, 3.63) is 106 Å². The maximum absolute atomic E-state index is 13.5. The summed E-state index contributed by atoms with van der Waals surface area (Å²) < 4.78 is 40.4. The van der Waals surface area contributed by atoms with Gasteiger partial charge >= 0.3 is 0 Å². The van der Waals surface area contributed by atoms with Crippen LogP contribution in [0.5, 0.6) is 0 Å². The van der Waals surface area contributed by atoms with E-state index >= 15 is 0 Å². The van der Waals surface area contributed by atoms with Gasteiger partial charge in [-0.05, 0) is 72.4 Å². The molecule has 1 aliphatic heterocycles. The Kier molecular flexibility index (Phi) is 8.94. The lowest BCUT2D eigenvalue weighted by molar-refractivity contribution is -0.133. The van der Waals surface area contributed by atoms with Crippen molar-refractivity contribution < 1.29 is 22.8 Å². The maximum Gasteiger partial charge on any atom is 0.222 e. The molecule has 0 saturated carbocycles. The third-order valence-corrected chi connectivity index (χ3v) is 6.68. The molecular formula is C29H28F3N3O2. The van der Waals surface area contributed by atoms with Gasteiger partial charge in [-0.2, -0.15) is 10.7 Å². The zero-order valence-corrected chi connectivity index (χ0v) is 20.3. The molecule has 3 aromatic rings. The average molecular weight is 508 g/mol. The molecule has 0 unspecified atom stereocenters. The van der Waals surface area contributed by atoms with Crippen LogP contribution in [0.1, 0.15) is 53.9 Å². The summed E-state index contributed by atoms with van der Waals surface area (Å²) in [5, 5.41) is 8.94. The molecule has 1 heterocycles. The van der Waals surface area contributed by atoms with Gasteiger partial charge in [0.2, 0.25) is 5.91 Å². The molecule has 1 N–H and O–H groups in total. The molecule has 8 heteroatoms. The predicted octanol–water partition coefficient (Wildman–Crippen LogP) is 5.60. The van der Waals surface area contributed by atoms with Gasteiger partial charge in [0.1, 0.15) is 23.5 Å². The van der Waals surface area contributed by atoms with E-state index in [0.29, 0.717) is 31.5 Å². The van der Waals surface area contributed by atoms with E-state index in [9.17, 15) is 18.0 Å². The largest absolute Gasteiger partial charge is 0.343 e. The average Bonchev–Trinajstić information content (AvgIpc) is 2.92. The van der Waals surface area contributed by atoms with Gasteiger partial charge in [-0.25, -0.2) is 13.2 Å². The zero-order valence-electron chi connectivity index (χ0n) is 20.3. The first kappa shape index (κ1) is 26.4. The van der Waals surface area contributed by atoms with Gasteiger partial charge in [0.05, 0.1) is 12.2 Å². The van der Waals surface area contributed by atoms with Crippen molar-refractivity contribution in [1.82, 2.24) is 10.4 Å². The number of halogens is 3. The maximum atomic E-state index is 13.5. The fourth-order valence-corrected chi connectivity index (χ4v) is 4.58. The standard InChI is InChI=1S/C29H28F3N3O2/c30-24-6-2-21(3-7-24)27(22-4-8-25(31)9-5-22)10-12-29(36)35-15-13-26(14-16-35)34-37-19-20-1-11-28(32)23(17-20)18-33/h1-9,11,17,26-27,34H,10,12-16,19H2. The Labute approximate surface area is 214 Å². The van der Waals surface area contributed by atoms with Crippen molar-refractivity contribution in [2.24, 2.45) is 0 Å². The van der Waals surface area contributed by atoms with E-state index in [1.165, 1.54) is 36.4 Å². The number of amides is 1. The van der Waals surface area contributed by atoms with E-state index < -0.39 is 5.82 Å². The number of hydroxylamine groups is 1. The molecule has 1 saturated heterocycles. The lowest BCUT2D eigenvalue weighted by atomic mass is 9.87. The summed E-state index contributed by atoms with van der Waals surface area (Å²) in [5.41, 5.74) is 5.44. The summed E-state index contributed by atoms with van der Waals surface area (Å²) in [6.07, 6.45) is 2.29. The van der Waals surface area contributed by atoms with Crippen molar-refractivity contribution in [2.45, 2.75) is 44.2 Å². The number of nitrogens with one attached hydrogen (secondary N) is 1. The minimum Gasteiger partial charge on any atom is -0.343 e. The number of benzene rings is 3. The third-order valence-electron chi connectivity index (χ3n) is 6.68. The monoisotopic (exact) mass is 507 g/mol. The molecule has 4 rings (SSSR count). The zero-order chi connectivity index (χ0) is 26.2. The van der Waals surface area contributed by atoms with Crippen molar-refractivity contribution in [1.29, 1.82) is 5.26 Å². The van der Waals surface area contributed by atoms with Gasteiger partial charge in [0.15, 0.2) is 0 Å². The number of hydrogen-bond donors (Lipinski definition) is 1. The molecule has 192 valence electrons. The van der Waals surface area contributed by atoms with Gasteiger partial charge in [0, 0.05) is 31.5 Å². The highest BCUT2D eigenvalue weighted by Gasteiger charge is 2.24. The lowest BCUT2D eigenvalue weighted by Crippen LogP contribution is -2.44. The second-order valence-corrected chi connectivity index (χ2v) is 9.18. The van der Waals surface area contributed by atoms with Gasteiger partial charge < -0.3 is 4.90 Å². The smallest absolute Gasteiger partial charge is 0.222 e. The molecule has 1 amide bonds. The van der Waals surface area contributed by atoms with Crippen LogP contribution in [0.2, 0.25) is 0 Å². The van der Waals surface area contributed by atoms with Crippen LogP contribution in [0.15, 0.2) is 66.7 Å². The molecule has 0 atom stereocenters. The predicted molar refractivity (Wildman–Crippen MR) is 133 cm³/mol. The third kappa shape index (κ3) is 7.19. The Morgan fingerprint density at radius 1 is 0.973 bits per heavy atom. The number of hydrogen-bond acceptors (Lipinski definition) is 4. The number of likely N-dealkylation sites (tertiary alicyclic amines) is 1. The van der Waals surface area contributed by atoms with Gasteiger partial charge in [-0.15, -0.1) is 0 Å². The van der Waals surface area contributed by atoms with Crippen LogP contribution in [-0.4, -0.2) is 29.9 Å². The second-order valence-electron chi connectivity index (χ2n) is 9.18. The van der Waals surface area contributed by atoms with E-state index in [1.807, 2.05) is 11.0 Å². The number of carbonyl (C=O) groups excluding carboxylic acids is 1. The number of rotatable bonds is 9. The summed E-state index contributed by atoms with van der Waals surface area (Å²) >= 11 is 0. The number of piperidine rings is 1. The van der Waals surface area contributed by atoms with Crippen LogP contribution in [0, 0.1) is 28.8 Å². The summed E-state index contributed by atoms with van der Waals surface area (Å²) in [5.74, 6) is -1.32. The molecule has 5 nitrogen and oxygen atoms in total. The van der Waals surface area contributed by atoms with E-state index in [-0.39, 0.29) is 41.7 Å². The van der Waals surface area contributed by atoms with Crippen LogP contribution in [-0.2, 0) is 16.2 Å². The van der Waals surface area contributed by atoms with Crippen LogP contribution in [0.3, 0.4) is 0 Å². The Morgan fingerprint density at radius 3 is 2.14 bits per heavy atom. The summed E-state index contributed by atoms with van der Waals surface area (Å²) in [6, 6.07) is 18.6. The Balaban J connectivity index is 1.26. The van der Waals surface area contributed by atoms with Gasteiger partial charge in [-0.3, -0.25) is 9.63 Å². The molecule has 1 aliphatic rings. The van der Waals surface area contributed by atoms with E-state index in [1.54, 1.807) is 30.3 Å². The SMILES string of the molecule is N#Cc1cc(CONC2CCN(C(=O)CCC(c3ccc(F)cc3)c3ccc(F)cc3)CC2)ccc1F. The van der Waals surface area contributed by atoms with Crippen LogP contribution in [0.4, 0.5) is 13.2 Å². The van der Waals surface area contributed by atoms with Gasteiger partial charge in [0.25, 0.3) is 0 Å². The number of nitrogens with zero attached hydrogens (tertiary/aromatic N) is 2. The molecule has 0 spiro atoms. The molecule has 0 radical (unpaired) electrons. The molecule has 1 fully saturated rings. The first-order valence-electron chi connectivity index (χ1n) is 12.3. The number of carbonyl (C=O) groups is 1. The molecule has 0 aliphatic carbocycles. The first-order valence-corrected chi connectivity index (χ1v) is 12.3. The van der Waals surface area contributed by atoms with Crippen LogP contribution >= 0.6 is 0 Å². The van der Waals surface area contributed by atoms with Crippen molar-refractivity contribution in [3.8, 4) is 6.07 Å². The summed E-state index contributed by atoms with van der Waals surface area (Å²) in [4.78, 5) is 20.4. The summed E-state index contributed by atoms with van der Waals surface area (Å²) in [7, 11) is 0. The molecule has 0 aromatic heterocycles. The van der Waals surface area contributed by atoms with Gasteiger partial charge in [-0.1, -0.05) is 30.3 Å². The first-order chi connectivity index (χ1) is 17.9. The fourth-order valence-electron chi connectivity index (χ4n) is 4.58. The van der Waals surface area contributed by atoms with Crippen molar-refractivity contribution in [3.63, 3.8) is 0 Å². The Hall–Kier alpha value is -3.67. The molecule has 3 aromatic carbocycles. The lowest BCUT2D eigenvalue weighted by Gasteiger charge is -2.32. The molecule has 37 heavy (non-hydrogen) atoms. The normalized spacial score (nSPS) is 14.1. The minimum absolute atomic E-state index is 0.0194. The van der Waals surface area contributed by atoms with E-state index in [4.69, 9.17) is 10.1 Å². The highest BCUT2D eigenvalue weighted by Crippen LogP contribution is 2.30. The van der Waals surface area contributed by atoms with Crippen LogP contribution in [0.25, 0.3) is 0 Å². The van der Waals surface area contributed by atoms with Crippen LogP contribution < -0.4 is 5.48 Å². The molecular weight excluding hydrogens is 479 g/mol. The topological polar surface area (TPSA) is 65.4 Å². The Morgan fingerprint density at radius 2 is 1.57 bits per heavy atom. The second kappa shape index (κ2) is 12.5. The summed E-state index contributed by atoms with van der Waals surface area (Å²) in [6.45, 7) is 1.38. The van der Waals surface area contributed by atoms with E-state index in [2.05, 4.69) is 5.48 Å². The highest BCUT2D eigenvalue weighted by atomic mass is 19.1. The highest BCUT2D eigenvalue weighted by molar-refractivity contribution is 5.76. The minimum atomic E-state index is -0.557. The number of nitriles is 1.